The van der Waals surface area contributed by atoms with E-state index in [1.54, 1.807) is 6.07 Å². The summed E-state index contributed by atoms with van der Waals surface area (Å²) < 4.78 is 37.5. The fraction of sp³-hybridized carbons (Fsp3) is 0.588. The molecule has 1 saturated heterocycles. The average molecular weight is 385 g/mol. The van der Waals surface area contributed by atoms with Gasteiger partial charge >= 0.3 is 0 Å². The number of carbonyl (C=O) groups excluding carboxylic acids is 1. The summed E-state index contributed by atoms with van der Waals surface area (Å²) in [7, 11) is -0.653. The average Bonchev–Trinajstić information content (AvgIpc) is 2.66. The molecule has 0 saturated carbocycles. The first kappa shape index (κ1) is 20.5. The maximum Gasteiger partial charge on any atom is 0.243 e. The van der Waals surface area contributed by atoms with E-state index in [2.05, 4.69) is 5.32 Å². The summed E-state index contributed by atoms with van der Waals surface area (Å²) >= 11 is 0. The van der Waals surface area contributed by atoms with E-state index >= 15 is 0 Å². The monoisotopic (exact) mass is 385 g/mol. The van der Waals surface area contributed by atoms with Crippen molar-refractivity contribution in [2.45, 2.75) is 36.6 Å². The highest BCUT2D eigenvalue weighted by Crippen LogP contribution is 2.31. The molecule has 0 spiro atoms. The van der Waals surface area contributed by atoms with Gasteiger partial charge in [-0.05, 0) is 37.9 Å². The Bertz CT molecular complexity index is 715. The molecule has 0 unspecified atom stereocenters. The van der Waals surface area contributed by atoms with E-state index < -0.39 is 10.0 Å². The number of nitrogens with two attached hydrogens (primary N) is 1. The van der Waals surface area contributed by atoms with Crippen molar-refractivity contribution in [2.75, 3.05) is 33.9 Å². The Hall–Kier alpha value is -1.84. The molecule has 0 aromatic heterocycles. The molecule has 0 bridgehead atoms. The normalized spacial score (nSPS) is 16.3. The fourth-order valence-corrected chi connectivity index (χ4v) is 4.41. The molecule has 1 fully saturated rings. The van der Waals surface area contributed by atoms with Crippen LogP contribution in [0.5, 0.6) is 11.5 Å². The van der Waals surface area contributed by atoms with E-state index in [9.17, 15) is 13.2 Å². The number of ether oxygens (including phenoxy) is 2. The Kier molecular flexibility index (Phi) is 7.24. The quantitative estimate of drug-likeness (QED) is 0.682. The topological polar surface area (TPSA) is 111 Å². The Morgan fingerprint density at radius 3 is 2.46 bits per heavy atom. The summed E-state index contributed by atoms with van der Waals surface area (Å²) in [5.74, 6) is 0.817. The highest BCUT2D eigenvalue weighted by Gasteiger charge is 2.30. The number of methoxy groups -OCH3 is 2. The zero-order valence-corrected chi connectivity index (χ0v) is 16.0. The van der Waals surface area contributed by atoms with Gasteiger partial charge in [-0.25, -0.2) is 8.42 Å². The molecule has 3 N–H and O–H groups in total. The van der Waals surface area contributed by atoms with Gasteiger partial charge in [0.15, 0.2) is 11.5 Å². The zero-order valence-electron chi connectivity index (χ0n) is 15.2. The van der Waals surface area contributed by atoms with E-state index in [0.29, 0.717) is 56.8 Å². The van der Waals surface area contributed by atoms with Crippen LogP contribution in [0.4, 0.5) is 0 Å². The summed E-state index contributed by atoms with van der Waals surface area (Å²) in [4.78, 5) is 11.9. The number of hydrogen-bond acceptors (Lipinski definition) is 6. The van der Waals surface area contributed by atoms with Gasteiger partial charge in [0.25, 0.3) is 0 Å². The van der Waals surface area contributed by atoms with Crippen molar-refractivity contribution in [1.29, 1.82) is 0 Å². The number of hydrogen-bond donors (Lipinski definition) is 2. The summed E-state index contributed by atoms with van der Waals surface area (Å²) in [6, 6.07) is 4.56. The minimum atomic E-state index is -3.62. The first-order valence-electron chi connectivity index (χ1n) is 8.64. The summed E-state index contributed by atoms with van der Waals surface area (Å²) in [6.07, 6.45) is 2.22. The van der Waals surface area contributed by atoms with Gasteiger partial charge < -0.3 is 20.5 Å². The van der Waals surface area contributed by atoms with Crippen LogP contribution in [-0.2, 0) is 14.8 Å². The number of nitrogens with one attached hydrogen (secondary N) is 1. The standard InChI is InChI=1S/C17H27N3O5S/c1-24-15-6-5-14(12-16(15)25-2)26(22,23)20-10-7-13(8-11-20)19-17(21)4-3-9-18/h5-6,12-13H,3-4,7-11,18H2,1-2H3,(H,19,21). The molecule has 2 rings (SSSR count). The predicted molar refractivity (Wildman–Crippen MR) is 97.8 cm³/mol. The lowest BCUT2D eigenvalue weighted by atomic mass is 10.1. The van der Waals surface area contributed by atoms with Crippen LogP contribution in [0.1, 0.15) is 25.7 Å². The van der Waals surface area contributed by atoms with Gasteiger partial charge in [-0.1, -0.05) is 0 Å². The van der Waals surface area contributed by atoms with Crippen molar-refractivity contribution in [3.05, 3.63) is 18.2 Å². The number of benzene rings is 1. The number of sulfonamides is 1. The molecule has 1 aromatic carbocycles. The Morgan fingerprint density at radius 1 is 1.23 bits per heavy atom. The number of rotatable bonds is 8. The number of piperidine rings is 1. The first-order chi connectivity index (χ1) is 12.4. The van der Waals surface area contributed by atoms with Gasteiger partial charge in [0.05, 0.1) is 19.1 Å². The van der Waals surface area contributed by atoms with E-state index in [0.717, 1.165) is 0 Å². The Balaban J connectivity index is 2.00. The van der Waals surface area contributed by atoms with Crippen molar-refractivity contribution < 1.29 is 22.7 Å². The van der Waals surface area contributed by atoms with E-state index in [-0.39, 0.29) is 16.8 Å². The molecular formula is C17H27N3O5S. The largest absolute Gasteiger partial charge is 0.493 e. The van der Waals surface area contributed by atoms with Gasteiger partial charge in [0.2, 0.25) is 15.9 Å². The minimum absolute atomic E-state index is 0.00266. The zero-order chi connectivity index (χ0) is 19.2. The van der Waals surface area contributed by atoms with Crippen LogP contribution in [0.25, 0.3) is 0 Å². The molecule has 8 nitrogen and oxygen atoms in total. The van der Waals surface area contributed by atoms with Gasteiger partial charge in [-0.3, -0.25) is 4.79 Å². The number of carbonyl (C=O) groups is 1. The van der Waals surface area contributed by atoms with Crippen LogP contribution in [0.2, 0.25) is 0 Å². The van der Waals surface area contributed by atoms with Gasteiger partial charge in [-0.2, -0.15) is 4.31 Å². The molecule has 26 heavy (non-hydrogen) atoms. The number of nitrogens with zero attached hydrogens (tertiary/aromatic N) is 1. The van der Waals surface area contributed by atoms with Crippen molar-refractivity contribution in [3.63, 3.8) is 0 Å². The first-order valence-corrected chi connectivity index (χ1v) is 10.1. The molecule has 9 heteroatoms. The molecule has 1 amide bonds. The van der Waals surface area contributed by atoms with E-state index in [4.69, 9.17) is 15.2 Å². The maximum absolute atomic E-state index is 12.9. The second kappa shape index (κ2) is 9.20. The third-order valence-corrected chi connectivity index (χ3v) is 6.31. The Labute approximate surface area is 154 Å². The molecule has 0 aliphatic carbocycles. The van der Waals surface area contributed by atoms with Crippen LogP contribution in [0.3, 0.4) is 0 Å². The minimum Gasteiger partial charge on any atom is -0.493 e. The van der Waals surface area contributed by atoms with Crippen molar-refractivity contribution in [3.8, 4) is 11.5 Å². The highest BCUT2D eigenvalue weighted by atomic mass is 32.2. The van der Waals surface area contributed by atoms with Gasteiger partial charge in [0, 0.05) is 31.6 Å². The highest BCUT2D eigenvalue weighted by molar-refractivity contribution is 7.89. The fourth-order valence-electron chi connectivity index (χ4n) is 2.93. The summed E-state index contributed by atoms with van der Waals surface area (Å²) in [5, 5.41) is 2.95. The van der Waals surface area contributed by atoms with E-state index in [1.807, 2.05) is 0 Å². The lowest BCUT2D eigenvalue weighted by Gasteiger charge is -2.31. The van der Waals surface area contributed by atoms with E-state index in [1.165, 1.54) is 30.7 Å². The molecular weight excluding hydrogens is 358 g/mol. The van der Waals surface area contributed by atoms with Crippen molar-refractivity contribution in [1.82, 2.24) is 9.62 Å². The van der Waals surface area contributed by atoms with Crippen LogP contribution in [0, 0.1) is 0 Å². The van der Waals surface area contributed by atoms with Crippen LogP contribution in [0.15, 0.2) is 23.1 Å². The molecule has 1 aliphatic rings. The summed E-state index contributed by atoms with van der Waals surface area (Å²) in [5.41, 5.74) is 5.40. The molecule has 146 valence electrons. The maximum atomic E-state index is 12.9. The predicted octanol–water partition coefficient (Wildman–Crippen LogP) is 0.712. The molecule has 0 atom stereocenters. The lowest BCUT2D eigenvalue weighted by molar-refractivity contribution is -0.122. The van der Waals surface area contributed by atoms with Crippen molar-refractivity contribution in [2.24, 2.45) is 5.73 Å². The molecule has 0 radical (unpaired) electrons. The van der Waals surface area contributed by atoms with Crippen LogP contribution >= 0.6 is 0 Å². The SMILES string of the molecule is COc1ccc(S(=O)(=O)N2CCC(NC(=O)CCCN)CC2)cc1OC. The lowest BCUT2D eigenvalue weighted by Crippen LogP contribution is -2.46. The van der Waals surface area contributed by atoms with Crippen LogP contribution in [-0.4, -0.2) is 58.5 Å². The van der Waals surface area contributed by atoms with Crippen LogP contribution < -0.4 is 20.5 Å². The smallest absolute Gasteiger partial charge is 0.243 e. The molecule has 1 aliphatic heterocycles. The molecule has 1 aromatic rings. The van der Waals surface area contributed by atoms with Gasteiger partial charge in [-0.15, -0.1) is 0 Å². The Morgan fingerprint density at radius 2 is 1.88 bits per heavy atom. The third-order valence-electron chi connectivity index (χ3n) is 4.42. The second-order valence-corrected chi connectivity index (χ2v) is 8.09. The number of amides is 1. The van der Waals surface area contributed by atoms with Gasteiger partial charge in [0.1, 0.15) is 0 Å². The second-order valence-electron chi connectivity index (χ2n) is 6.15. The third kappa shape index (κ3) is 4.87. The van der Waals surface area contributed by atoms with Crippen molar-refractivity contribution >= 4 is 15.9 Å². The molecule has 1 heterocycles. The summed E-state index contributed by atoms with van der Waals surface area (Å²) in [6.45, 7) is 1.20.